The summed E-state index contributed by atoms with van der Waals surface area (Å²) in [7, 11) is 0. The first-order chi connectivity index (χ1) is 9.25. The molecule has 5 nitrogen and oxygen atoms in total. The molecular formula is C14H21N3O2. The molecule has 0 radical (unpaired) electrons. The zero-order valence-corrected chi connectivity index (χ0v) is 11.1. The number of nitrogens with one attached hydrogen (secondary N) is 1. The normalized spacial score (nSPS) is 16.4. The van der Waals surface area contributed by atoms with Crippen LogP contribution in [0.2, 0.25) is 0 Å². The van der Waals surface area contributed by atoms with Crippen LogP contribution in [0.5, 0.6) is 0 Å². The van der Waals surface area contributed by atoms with E-state index in [1.54, 1.807) is 12.3 Å². The molecule has 0 atom stereocenters. The fourth-order valence-electron chi connectivity index (χ4n) is 2.20. The Morgan fingerprint density at radius 1 is 1.47 bits per heavy atom. The number of Topliss-reactive ketones (excluding diaryl/α,β-unsaturated/α-hetero) is 1. The summed E-state index contributed by atoms with van der Waals surface area (Å²) in [6.45, 7) is 2.51. The molecule has 1 aromatic rings. The maximum absolute atomic E-state index is 11.8. The maximum atomic E-state index is 11.8. The van der Waals surface area contributed by atoms with Crippen LogP contribution in [0.3, 0.4) is 0 Å². The molecule has 0 bridgehead atoms. The van der Waals surface area contributed by atoms with E-state index in [0.717, 1.165) is 31.5 Å². The van der Waals surface area contributed by atoms with E-state index in [9.17, 15) is 4.79 Å². The number of carbonyl (C=O) groups excluding carboxylic acids is 1. The molecule has 1 fully saturated rings. The lowest BCUT2D eigenvalue weighted by Gasteiger charge is -2.22. The molecule has 1 aliphatic heterocycles. The van der Waals surface area contributed by atoms with Crippen molar-refractivity contribution in [1.82, 2.24) is 10.3 Å². The molecule has 1 aromatic heterocycles. The van der Waals surface area contributed by atoms with Crippen molar-refractivity contribution in [3.63, 3.8) is 0 Å². The second-order valence-corrected chi connectivity index (χ2v) is 4.83. The third-order valence-electron chi connectivity index (χ3n) is 3.33. The van der Waals surface area contributed by atoms with Gasteiger partial charge in [0.05, 0.1) is 12.7 Å². The number of piperidine rings is 1. The van der Waals surface area contributed by atoms with Crippen molar-refractivity contribution >= 4 is 11.6 Å². The number of nitrogens with zero attached hydrogens (tertiary/aromatic N) is 1. The highest BCUT2D eigenvalue weighted by molar-refractivity contribution is 5.82. The number of anilines is 1. The third-order valence-corrected chi connectivity index (χ3v) is 3.33. The average molecular weight is 263 g/mol. The molecule has 0 saturated carbocycles. The van der Waals surface area contributed by atoms with Crippen LogP contribution < -0.4 is 11.1 Å². The van der Waals surface area contributed by atoms with Gasteiger partial charge in [-0.3, -0.25) is 4.79 Å². The molecule has 0 aliphatic carbocycles. The van der Waals surface area contributed by atoms with Gasteiger partial charge in [0.1, 0.15) is 11.6 Å². The van der Waals surface area contributed by atoms with Crippen LogP contribution in [-0.4, -0.2) is 36.6 Å². The monoisotopic (exact) mass is 263 g/mol. The highest BCUT2D eigenvalue weighted by Gasteiger charge is 2.14. The fraction of sp³-hybridized carbons (Fsp3) is 0.571. The first-order valence-corrected chi connectivity index (χ1v) is 6.79. The number of nitrogens with two attached hydrogens (primary N) is 1. The standard InChI is InChI=1S/C14H21N3O2/c15-14-11(2-1-6-17-14)10-12(18)5-9-19-13-3-7-16-8-4-13/h1-2,6,13,16H,3-5,7-10H2,(H2,15,17). The Labute approximate surface area is 113 Å². The molecule has 1 saturated heterocycles. The van der Waals surface area contributed by atoms with Crippen LogP contribution in [0, 0.1) is 0 Å². The molecule has 0 aromatic carbocycles. The van der Waals surface area contributed by atoms with E-state index in [0.29, 0.717) is 31.4 Å². The van der Waals surface area contributed by atoms with Gasteiger partial charge >= 0.3 is 0 Å². The van der Waals surface area contributed by atoms with Gasteiger partial charge in [-0.25, -0.2) is 4.98 Å². The topological polar surface area (TPSA) is 77.2 Å². The summed E-state index contributed by atoms with van der Waals surface area (Å²) >= 11 is 0. The smallest absolute Gasteiger partial charge is 0.139 e. The van der Waals surface area contributed by atoms with E-state index in [4.69, 9.17) is 10.5 Å². The SMILES string of the molecule is Nc1ncccc1CC(=O)CCOC1CCNCC1. The van der Waals surface area contributed by atoms with Crippen molar-refractivity contribution in [2.45, 2.75) is 31.8 Å². The number of rotatable bonds is 6. The van der Waals surface area contributed by atoms with Crippen molar-refractivity contribution in [2.75, 3.05) is 25.4 Å². The summed E-state index contributed by atoms with van der Waals surface area (Å²) in [5.74, 6) is 0.587. The zero-order chi connectivity index (χ0) is 13.5. The number of carbonyl (C=O) groups is 1. The average Bonchev–Trinajstić information content (AvgIpc) is 2.43. The summed E-state index contributed by atoms with van der Waals surface area (Å²) in [6.07, 6.45) is 4.78. The van der Waals surface area contributed by atoms with Crippen molar-refractivity contribution in [3.05, 3.63) is 23.9 Å². The maximum Gasteiger partial charge on any atom is 0.139 e. The number of hydrogen-bond acceptors (Lipinski definition) is 5. The minimum Gasteiger partial charge on any atom is -0.383 e. The molecule has 104 valence electrons. The molecule has 0 spiro atoms. The second-order valence-electron chi connectivity index (χ2n) is 4.83. The van der Waals surface area contributed by atoms with Gasteiger partial charge in [0.15, 0.2) is 0 Å². The predicted molar refractivity (Wildman–Crippen MR) is 73.8 cm³/mol. The summed E-state index contributed by atoms with van der Waals surface area (Å²) in [5, 5.41) is 3.29. The van der Waals surface area contributed by atoms with E-state index in [1.807, 2.05) is 6.07 Å². The zero-order valence-electron chi connectivity index (χ0n) is 11.1. The summed E-state index contributed by atoms with van der Waals surface area (Å²) in [6, 6.07) is 3.64. The van der Waals surface area contributed by atoms with Crippen LogP contribution in [0.1, 0.15) is 24.8 Å². The molecule has 2 rings (SSSR count). The highest BCUT2D eigenvalue weighted by atomic mass is 16.5. The molecule has 0 unspecified atom stereocenters. The first-order valence-electron chi connectivity index (χ1n) is 6.79. The van der Waals surface area contributed by atoms with Crippen molar-refractivity contribution in [2.24, 2.45) is 0 Å². The Hall–Kier alpha value is -1.46. The third kappa shape index (κ3) is 4.61. The summed E-state index contributed by atoms with van der Waals surface area (Å²) in [5.41, 5.74) is 6.51. The predicted octanol–water partition coefficient (Wildman–Crippen LogP) is 0.934. The molecule has 5 heteroatoms. The lowest BCUT2D eigenvalue weighted by molar-refractivity contribution is -0.120. The van der Waals surface area contributed by atoms with E-state index >= 15 is 0 Å². The summed E-state index contributed by atoms with van der Waals surface area (Å²) in [4.78, 5) is 15.8. The van der Waals surface area contributed by atoms with E-state index in [2.05, 4.69) is 10.3 Å². The van der Waals surface area contributed by atoms with Gasteiger partial charge < -0.3 is 15.8 Å². The Morgan fingerprint density at radius 2 is 2.26 bits per heavy atom. The Bertz CT molecular complexity index is 417. The number of nitrogen functional groups attached to an aromatic ring is 1. The Kier molecular flexibility index (Phi) is 5.30. The lowest BCUT2D eigenvalue weighted by Crippen LogP contribution is -2.32. The van der Waals surface area contributed by atoms with Crippen LogP contribution in [0.25, 0.3) is 0 Å². The molecule has 3 N–H and O–H groups in total. The molecular weight excluding hydrogens is 242 g/mol. The second kappa shape index (κ2) is 7.21. The number of hydrogen-bond donors (Lipinski definition) is 2. The van der Waals surface area contributed by atoms with Gasteiger partial charge in [-0.1, -0.05) is 6.07 Å². The van der Waals surface area contributed by atoms with Crippen LogP contribution >= 0.6 is 0 Å². The molecule has 0 amide bonds. The molecule has 2 heterocycles. The van der Waals surface area contributed by atoms with Crippen LogP contribution in [-0.2, 0) is 16.0 Å². The highest BCUT2D eigenvalue weighted by Crippen LogP contribution is 2.10. The van der Waals surface area contributed by atoms with Gasteiger partial charge in [0.2, 0.25) is 0 Å². The van der Waals surface area contributed by atoms with Gasteiger partial charge in [-0.15, -0.1) is 0 Å². The van der Waals surface area contributed by atoms with Crippen molar-refractivity contribution in [1.29, 1.82) is 0 Å². The number of aromatic nitrogens is 1. The van der Waals surface area contributed by atoms with E-state index in [1.165, 1.54) is 0 Å². The Balaban J connectivity index is 1.68. The molecule has 1 aliphatic rings. The number of ketones is 1. The fourth-order valence-corrected chi connectivity index (χ4v) is 2.20. The minimum atomic E-state index is 0.147. The lowest BCUT2D eigenvalue weighted by atomic mass is 10.1. The van der Waals surface area contributed by atoms with Gasteiger partial charge in [0, 0.05) is 24.6 Å². The van der Waals surface area contributed by atoms with E-state index in [-0.39, 0.29) is 5.78 Å². The van der Waals surface area contributed by atoms with E-state index < -0.39 is 0 Å². The molecule has 19 heavy (non-hydrogen) atoms. The number of ether oxygens (including phenoxy) is 1. The summed E-state index contributed by atoms with van der Waals surface area (Å²) < 4.78 is 5.71. The van der Waals surface area contributed by atoms with Crippen molar-refractivity contribution in [3.8, 4) is 0 Å². The number of pyridine rings is 1. The quantitative estimate of drug-likeness (QED) is 0.798. The van der Waals surface area contributed by atoms with Gasteiger partial charge in [0.25, 0.3) is 0 Å². The van der Waals surface area contributed by atoms with Gasteiger partial charge in [-0.2, -0.15) is 0 Å². The largest absolute Gasteiger partial charge is 0.383 e. The van der Waals surface area contributed by atoms with Crippen LogP contribution in [0.4, 0.5) is 5.82 Å². The first kappa shape index (κ1) is 14.0. The van der Waals surface area contributed by atoms with Gasteiger partial charge in [-0.05, 0) is 32.0 Å². The Morgan fingerprint density at radius 3 is 3.00 bits per heavy atom. The van der Waals surface area contributed by atoms with Crippen molar-refractivity contribution < 1.29 is 9.53 Å². The van der Waals surface area contributed by atoms with Crippen LogP contribution in [0.15, 0.2) is 18.3 Å². The minimum absolute atomic E-state index is 0.147.